The Kier molecular flexibility index (Phi) is 5.23. The molecule has 1 aromatic rings. The normalized spacial score (nSPS) is 47.4. The van der Waals surface area contributed by atoms with E-state index in [0.29, 0.717) is 35.6 Å². The van der Waals surface area contributed by atoms with Crippen molar-refractivity contribution in [2.24, 2.45) is 45.4 Å². The highest BCUT2D eigenvalue weighted by Gasteiger charge is 2.61. The van der Waals surface area contributed by atoms with Gasteiger partial charge in [-0.15, -0.1) is 0 Å². The number of fused-ring (bicyclic) bond motifs is 6. The maximum Gasteiger partial charge on any atom is 0.157 e. The third-order valence-corrected chi connectivity index (χ3v) is 11.5. The molecule has 1 aromatic heterocycles. The van der Waals surface area contributed by atoms with Crippen LogP contribution in [0.4, 0.5) is 0 Å². The first-order valence-electron chi connectivity index (χ1n) is 13.9. The van der Waals surface area contributed by atoms with Crippen molar-refractivity contribution in [3.8, 4) is 0 Å². The molecule has 5 heteroatoms. The van der Waals surface area contributed by atoms with Gasteiger partial charge < -0.3 is 5.11 Å². The fourth-order valence-corrected chi connectivity index (χ4v) is 9.62. The molecule has 5 aliphatic rings. The molecule has 0 radical (unpaired) electrons. The number of nitrogens with zero attached hydrogens (tertiary/aromatic N) is 3. The first-order chi connectivity index (χ1) is 16.1. The van der Waals surface area contributed by atoms with Crippen molar-refractivity contribution in [3.05, 3.63) is 17.5 Å². The van der Waals surface area contributed by atoms with E-state index in [1.54, 1.807) is 0 Å². The molecule has 0 spiro atoms. The Hall–Kier alpha value is -1.49. The van der Waals surface area contributed by atoms with Crippen molar-refractivity contribution in [1.29, 1.82) is 0 Å². The second-order valence-electron chi connectivity index (χ2n) is 13.6. The van der Waals surface area contributed by atoms with Crippen LogP contribution in [0.1, 0.15) is 96.7 Å². The third kappa shape index (κ3) is 3.47. The maximum atomic E-state index is 13.7. The topological polar surface area (TPSA) is 67.5 Å². The average molecular weight is 466 g/mol. The van der Waals surface area contributed by atoms with E-state index in [1.807, 2.05) is 17.8 Å². The van der Waals surface area contributed by atoms with Gasteiger partial charge in [0.15, 0.2) is 5.78 Å². The smallest absolute Gasteiger partial charge is 0.157 e. The van der Waals surface area contributed by atoms with Crippen LogP contribution in [-0.2, 0) is 17.8 Å². The first-order valence-corrected chi connectivity index (χ1v) is 13.9. The predicted octanol–water partition coefficient (Wildman–Crippen LogP) is 5.23. The molecule has 4 fully saturated rings. The van der Waals surface area contributed by atoms with Gasteiger partial charge in [0.25, 0.3) is 0 Å². The summed E-state index contributed by atoms with van der Waals surface area (Å²) in [5, 5.41) is 15.4. The number of aliphatic imine (C=N–C) groups is 1. The van der Waals surface area contributed by atoms with Gasteiger partial charge in [-0.1, -0.05) is 13.8 Å². The molecular weight excluding hydrogens is 422 g/mol. The Morgan fingerprint density at radius 2 is 1.85 bits per heavy atom. The van der Waals surface area contributed by atoms with Gasteiger partial charge in [-0.05, 0) is 113 Å². The summed E-state index contributed by atoms with van der Waals surface area (Å²) in [5.41, 5.74) is 2.22. The third-order valence-electron chi connectivity index (χ3n) is 11.5. The summed E-state index contributed by atoms with van der Waals surface area (Å²) in [6.45, 7) is 9.58. The molecule has 0 amide bonds. The molecule has 0 bridgehead atoms. The minimum atomic E-state index is -0.472. The molecule has 6 rings (SSSR count). The average Bonchev–Trinajstić information content (AvgIpc) is 3.33. The summed E-state index contributed by atoms with van der Waals surface area (Å²) >= 11 is 0. The van der Waals surface area contributed by atoms with E-state index in [9.17, 15) is 9.90 Å². The Bertz CT molecular complexity index is 1010. The number of hydrogen-bond acceptors (Lipinski definition) is 4. The van der Waals surface area contributed by atoms with Gasteiger partial charge >= 0.3 is 0 Å². The highest BCUT2D eigenvalue weighted by molar-refractivity contribution is 5.83. The second kappa shape index (κ2) is 7.75. The van der Waals surface area contributed by atoms with E-state index >= 15 is 0 Å². The molecule has 9 atom stereocenters. The summed E-state index contributed by atoms with van der Waals surface area (Å²) in [6.07, 6.45) is 15.3. The highest BCUT2D eigenvalue weighted by Crippen LogP contribution is 2.68. The van der Waals surface area contributed by atoms with Gasteiger partial charge in [-0.25, -0.2) is 0 Å². The lowest BCUT2D eigenvalue weighted by atomic mass is 9.44. The molecule has 1 unspecified atom stereocenters. The van der Waals surface area contributed by atoms with E-state index in [4.69, 9.17) is 0 Å². The quantitative estimate of drug-likeness (QED) is 0.665. The van der Waals surface area contributed by atoms with Crippen LogP contribution in [-0.4, -0.2) is 38.5 Å². The summed E-state index contributed by atoms with van der Waals surface area (Å²) in [5.74, 6) is 3.44. The van der Waals surface area contributed by atoms with Gasteiger partial charge in [0.2, 0.25) is 0 Å². The molecule has 0 saturated heterocycles. The van der Waals surface area contributed by atoms with Crippen LogP contribution >= 0.6 is 0 Å². The lowest BCUT2D eigenvalue weighted by Gasteiger charge is -2.61. The van der Waals surface area contributed by atoms with Crippen molar-refractivity contribution in [3.63, 3.8) is 0 Å². The summed E-state index contributed by atoms with van der Waals surface area (Å²) in [6, 6.07) is 0.303. The van der Waals surface area contributed by atoms with Crippen LogP contribution in [0.2, 0.25) is 0 Å². The number of ketones is 1. The number of carbonyl (C=O) groups excluding carboxylic acids is 1. The molecule has 1 N–H and O–H groups in total. The number of aromatic nitrogens is 2. The van der Waals surface area contributed by atoms with Crippen molar-refractivity contribution in [2.75, 3.05) is 0 Å². The van der Waals surface area contributed by atoms with E-state index in [1.165, 1.54) is 44.1 Å². The van der Waals surface area contributed by atoms with E-state index < -0.39 is 5.60 Å². The Morgan fingerprint density at radius 3 is 2.68 bits per heavy atom. The van der Waals surface area contributed by atoms with Crippen LogP contribution in [0.3, 0.4) is 0 Å². The van der Waals surface area contributed by atoms with Crippen LogP contribution in [0.5, 0.6) is 0 Å². The largest absolute Gasteiger partial charge is 0.390 e. The minimum absolute atomic E-state index is 0.143. The Labute approximate surface area is 204 Å². The van der Waals surface area contributed by atoms with E-state index in [-0.39, 0.29) is 11.3 Å². The maximum absolute atomic E-state index is 13.7. The Balaban J connectivity index is 1.18. The molecule has 0 aromatic carbocycles. The molecule has 1 aliphatic heterocycles. The zero-order valence-electron chi connectivity index (χ0n) is 21.6. The zero-order chi connectivity index (χ0) is 23.9. The van der Waals surface area contributed by atoms with Crippen molar-refractivity contribution >= 4 is 12.0 Å². The van der Waals surface area contributed by atoms with Crippen LogP contribution in [0.25, 0.3) is 0 Å². The van der Waals surface area contributed by atoms with Crippen molar-refractivity contribution in [1.82, 2.24) is 9.78 Å². The number of hydrogen-bond donors (Lipinski definition) is 1. The lowest BCUT2D eigenvalue weighted by molar-refractivity contribution is -0.151. The predicted molar refractivity (Wildman–Crippen MR) is 134 cm³/mol. The molecule has 4 aliphatic carbocycles. The van der Waals surface area contributed by atoms with Gasteiger partial charge in [0.05, 0.1) is 18.2 Å². The van der Waals surface area contributed by atoms with Gasteiger partial charge in [-0.2, -0.15) is 5.10 Å². The lowest BCUT2D eigenvalue weighted by Crippen LogP contribution is -2.55. The number of Topliss-reactive ketones (excluding diaryl/α,β-unsaturated/α-hetero) is 1. The molecule has 34 heavy (non-hydrogen) atoms. The van der Waals surface area contributed by atoms with Crippen LogP contribution in [0, 0.1) is 40.4 Å². The highest BCUT2D eigenvalue weighted by atomic mass is 16.3. The number of rotatable bonds is 3. The fourth-order valence-electron chi connectivity index (χ4n) is 9.62. The fraction of sp³-hybridized carbons (Fsp3) is 0.828. The Morgan fingerprint density at radius 1 is 1.06 bits per heavy atom. The summed E-state index contributed by atoms with van der Waals surface area (Å²) in [4.78, 5) is 18.1. The number of aliphatic hydroxyl groups is 1. The zero-order valence-corrected chi connectivity index (χ0v) is 21.6. The molecule has 2 heterocycles. The minimum Gasteiger partial charge on any atom is -0.390 e. The van der Waals surface area contributed by atoms with Crippen molar-refractivity contribution < 1.29 is 9.90 Å². The summed E-state index contributed by atoms with van der Waals surface area (Å²) < 4.78 is 1.89. The van der Waals surface area contributed by atoms with E-state index in [2.05, 4.69) is 37.1 Å². The molecular formula is C29H43N3O2. The standard InChI is InChI=1S/C29H43N3O2/c1-18-13-19-16-32(31-25(19)15-30-18)17-26(33)24-8-7-22-21-6-5-20-14-27(2,34)11-12-28(20,3)23(21)9-10-29(22,24)4/h15-16,18,20-24,34H,5-14,17H2,1-4H3/t18?,20-,21-,22-,23-,24+,27+,28-,29-/m0/s1. The van der Waals surface area contributed by atoms with Gasteiger partial charge in [0, 0.05) is 23.9 Å². The van der Waals surface area contributed by atoms with Crippen LogP contribution in [0.15, 0.2) is 11.2 Å². The summed E-state index contributed by atoms with van der Waals surface area (Å²) in [7, 11) is 0. The molecule has 4 saturated carbocycles. The molecule has 5 nitrogen and oxygen atoms in total. The second-order valence-corrected chi connectivity index (χ2v) is 13.6. The number of carbonyl (C=O) groups is 1. The van der Waals surface area contributed by atoms with Crippen molar-refractivity contribution in [2.45, 2.75) is 110 Å². The monoisotopic (exact) mass is 465 g/mol. The van der Waals surface area contributed by atoms with Crippen LogP contribution < -0.4 is 0 Å². The van der Waals surface area contributed by atoms with Gasteiger partial charge in [-0.3, -0.25) is 14.5 Å². The van der Waals surface area contributed by atoms with Gasteiger partial charge in [0.1, 0.15) is 5.69 Å². The SMILES string of the molecule is CC1Cc2cn(CC(=O)[C@H]3CC[C@H]4[C@@H]5CC[C@H]6C[C@](C)(O)CC[C@]6(C)[C@H]5CC[C@]34C)nc2C=N1. The first kappa shape index (κ1) is 22.9. The molecule has 186 valence electrons. The van der Waals surface area contributed by atoms with E-state index in [0.717, 1.165) is 43.2 Å².